The lowest BCUT2D eigenvalue weighted by Gasteiger charge is -2.06. The third-order valence-electron chi connectivity index (χ3n) is 1.93. The third-order valence-corrected chi connectivity index (χ3v) is 2.97. The number of hydrogen-bond donors (Lipinski definition) is 1. The van der Waals surface area contributed by atoms with Crippen LogP contribution in [-0.4, -0.2) is 10.2 Å². The van der Waals surface area contributed by atoms with E-state index in [1.165, 1.54) is 11.3 Å². The van der Waals surface area contributed by atoms with Crippen molar-refractivity contribution in [2.45, 2.75) is 12.8 Å². The van der Waals surface area contributed by atoms with Gasteiger partial charge in [0.15, 0.2) is 0 Å². The average molecular weight is 240 g/mol. The van der Waals surface area contributed by atoms with Gasteiger partial charge in [-0.25, -0.2) is 0 Å². The van der Waals surface area contributed by atoms with Crippen molar-refractivity contribution in [3.8, 4) is 0 Å². The second-order valence-electron chi connectivity index (χ2n) is 3.04. The number of hydrogen-bond acceptors (Lipinski definition) is 4. The zero-order chi connectivity index (χ0) is 10.7. The molecular weight excluding hydrogens is 230 g/mol. The van der Waals surface area contributed by atoms with Crippen LogP contribution in [-0.2, 0) is 5.88 Å². The van der Waals surface area contributed by atoms with Crippen LogP contribution in [0.15, 0.2) is 24.3 Å². The van der Waals surface area contributed by atoms with E-state index in [1.807, 2.05) is 31.2 Å². The van der Waals surface area contributed by atoms with Crippen LogP contribution in [0.3, 0.4) is 0 Å². The molecule has 1 aromatic carbocycles. The molecule has 1 aromatic heterocycles. The van der Waals surface area contributed by atoms with E-state index >= 15 is 0 Å². The minimum absolute atomic E-state index is 0.487. The van der Waals surface area contributed by atoms with Crippen molar-refractivity contribution in [1.29, 1.82) is 0 Å². The van der Waals surface area contributed by atoms with Crippen molar-refractivity contribution in [2.75, 3.05) is 5.32 Å². The highest BCUT2D eigenvalue weighted by atomic mass is 35.5. The molecular formula is C10H10ClN3S. The fourth-order valence-electron chi connectivity index (χ4n) is 1.22. The Morgan fingerprint density at radius 1 is 1.33 bits per heavy atom. The van der Waals surface area contributed by atoms with E-state index in [9.17, 15) is 0 Å². The first-order chi connectivity index (χ1) is 7.29. The molecule has 0 aliphatic carbocycles. The van der Waals surface area contributed by atoms with Crippen LogP contribution < -0.4 is 5.32 Å². The van der Waals surface area contributed by atoms with Crippen LogP contribution in [0.1, 0.15) is 10.6 Å². The first-order valence-electron chi connectivity index (χ1n) is 4.50. The number of alkyl halides is 1. The quantitative estimate of drug-likeness (QED) is 0.835. The molecule has 78 valence electrons. The van der Waals surface area contributed by atoms with Crippen LogP contribution >= 0.6 is 22.9 Å². The maximum atomic E-state index is 5.83. The Bertz CT molecular complexity index is 455. The van der Waals surface area contributed by atoms with Crippen molar-refractivity contribution >= 4 is 33.8 Å². The van der Waals surface area contributed by atoms with Gasteiger partial charge in [0, 0.05) is 11.6 Å². The van der Waals surface area contributed by atoms with E-state index in [1.54, 1.807) is 0 Å². The molecule has 0 fully saturated rings. The SMILES string of the molecule is Cc1nnc(Nc2ccccc2CCl)s1. The fourth-order valence-corrected chi connectivity index (χ4v) is 2.06. The Labute approximate surface area is 97.1 Å². The number of nitrogens with zero attached hydrogens (tertiary/aromatic N) is 2. The van der Waals surface area contributed by atoms with Gasteiger partial charge in [-0.05, 0) is 18.6 Å². The molecule has 0 aliphatic rings. The Balaban J connectivity index is 2.23. The number of benzene rings is 1. The van der Waals surface area contributed by atoms with Gasteiger partial charge in [0.05, 0.1) is 0 Å². The number of aromatic nitrogens is 2. The molecule has 1 heterocycles. The van der Waals surface area contributed by atoms with E-state index in [2.05, 4.69) is 15.5 Å². The summed E-state index contributed by atoms with van der Waals surface area (Å²) < 4.78 is 0. The number of rotatable bonds is 3. The summed E-state index contributed by atoms with van der Waals surface area (Å²) in [6.45, 7) is 1.93. The van der Waals surface area contributed by atoms with Gasteiger partial charge in [-0.1, -0.05) is 29.5 Å². The second-order valence-corrected chi connectivity index (χ2v) is 4.49. The first kappa shape index (κ1) is 10.4. The molecule has 5 heteroatoms. The molecule has 3 nitrogen and oxygen atoms in total. The Morgan fingerprint density at radius 2 is 2.13 bits per heavy atom. The standard InChI is InChI=1S/C10H10ClN3S/c1-7-13-14-10(15-7)12-9-5-3-2-4-8(9)6-11/h2-5H,6H2,1H3,(H,12,14). The molecule has 0 amide bonds. The topological polar surface area (TPSA) is 37.8 Å². The van der Waals surface area contributed by atoms with Gasteiger partial charge in [0.25, 0.3) is 0 Å². The normalized spacial score (nSPS) is 10.3. The van der Waals surface area contributed by atoms with Crippen LogP contribution in [0.2, 0.25) is 0 Å². The molecule has 2 aromatic rings. The highest BCUT2D eigenvalue weighted by Gasteiger charge is 2.03. The molecule has 0 spiro atoms. The van der Waals surface area contributed by atoms with Gasteiger partial charge in [-0.2, -0.15) is 0 Å². The molecule has 0 saturated heterocycles. The van der Waals surface area contributed by atoms with Gasteiger partial charge in [-0.15, -0.1) is 21.8 Å². The third kappa shape index (κ3) is 2.46. The van der Waals surface area contributed by atoms with Crippen LogP contribution in [0.4, 0.5) is 10.8 Å². The summed E-state index contributed by atoms with van der Waals surface area (Å²) >= 11 is 7.36. The van der Waals surface area contributed by atoms with E-state index < -0.39 is 0 Å². The van der Waals surface area contributed by atoms with Crippen LogP contribution in [0, 0.1) is 6.92 Å². The summed E-state index contributed by atoms with van der Waals surface area (Å²) in [5.41, 5.74) is 2.05. The number of anilines is 2. The predicted octanol–water partition coefficient (Wildman–Crippen LogP) is 3.33. The van der Waals surface area contributed by atoms with Crippen molar-refractivity contribution in [3.05, 3.63) is 34.8 Å². The van der Waals surface area contributed by atoms with E-state index in [-0.39, 0.29) is 0 Å². The number of aryl methyl sites for hydroxylation is 1. The molecule has 0 radical (unpaired) electrons. The van der Waals surface area contributed by atoms with E-state index in [4.69, 9.17) is 11.6 Å². The smallest absolute Gasteiger partial charge is 0.210 e. The van der Waals surface area contributed by atoms with E-state index in [0.29, 0.717) is 5.88 Å². The molecule has 15 heavy (non-hydrogen) atoms. The fraction of sp³-hybridized carbons (Fsp3) is 0.200. The van der Waals surface area contributed by atoms with Crippen LogP contribution in [0.25, 0.3) is 0 Å². The summed E-state index contributed by atoms with van der Waals surface area (Å²) in [5.74, 6) is 0.487. The summed E-state index contributed by atoms with van der Waals surface area (Å²) in [5, 5.41) is 12.9. The number of para-hydroxylation sites is 1. The monoisotopic (exact) mass is 239 g/mol. The number of halogens is 1. The van der Waals surface area contributed by atoms with Crippen molar-refractivity contribution < 1.29 is 0 Å². The van der Waals surface area contributed by atoms with Crippen molar-refractivity contribution in [1.82, 2.24) is 10.2 Å². The molecule has 0 atom stereocenters. The highest BCUT2D eigenvalue weighted by molar-refractivity contribution is 7.15. The van der Waals surface area contributed by atoms with E-state index in [0.717, 1.165) is 21.4 Å². The Morgan fingerprint density at radius 3 is 2.80 bits per heavy atom. The van der Waals surface area contributed by atoms with Gasteiger partial charge < -0.3 is 5.32 Å². The highest BCUT2D eigenvalue weighted by Crippen LogP contribution is 2.23. The minimum atomic E-state index is 0.487. The number of nitrogens with one attached hydrogen (secondary N) is 1. The predicted molar refractivity (Wildman–Crippen MR) is 63.9 cm³/mol. The second kappa shape index (κ2) is 4.59. The maximum Gasteiger partial charge on any atom is 0.210 e. The largest absolute Gasteiger partial charge is 0.330 e. The first-order valence-corrected chi connectivity index (χ1v) is 5.85. The summed E-state index contributed by atoms with van der Waals surface area (Å²) in [4.78, 5) is 0. The van der Waals surface area contributed by atoms with Crippen molar-refractivity contribution in [3.63, 3.8) is 0 Å². The molecule has 0 aliphatic heterocycles. The molecule has 1 N–H and O–H groups in total. The molecule has 0 bridgehead atoms. The van der Waals surface area contributed by atoms with Crippen molar-refractivity contribution in [2.24, 2.45) is 0 Å². The summed E-state index contributed by atoms with van der Waals surface area (Å²) in [6.07, 6.45) is 0. The lowest BCUT2D eigenvalue weighted by atomic mass is 10.2. The van der Waals surface area contributed by atoms with Gasteiger partial charge in [-0.3, -0.25) is 0 Å². The lowest BCUT2D eigenvalue weighted by molar-refractivity contribution is 1.05. The van der Waals surface area contributed by atoms with Gasteiger partial charge in [0.1, 0.15) is 5.01 Å². The Kier molecular flexibility index (Phi) is 3.18. The zero-order valence-corrected chi connectivity index (χ0v) is 9.77. The van der Waals surface area contributed by atoms with Gasteiger partial charge >= 0.3 is 0 Å². The van der Waals surface area contributed by atoms with Gasteiger partial charge in [0.2, 0.25) is 5.13 Å². The summed E-state index contributed by atoms with van der Waals surface area (Å²) in [7, 11) is 0. The lowest BCUT2D eigenvalue weighted by Crippen LogP contribution is -1.93. The molecule has 2 rings (SSSR count). The Hall–Kier alpha value is -1.13. The van der Waals surface area contributed by atoms with Crippen LogP contribution in [0.5, 0.6) is 0 Å². The average Bonchev–Trinajstić information content (AvgIpc) is 2.65. The molecule has 0 unspecified atom stereocenters. The molecule has 0 saturated carbocycles. The zero-order valence-electron chi connectivity index (χ0n) is 8.20. The maximum absolute atomic E-state index is 5.83. The minimum Gasteiger partial charge on any atom is -0.330 e. The summed E-state index contributed by atoms with van der Waals surface area (Å²) in [6, 6.07) is 7.90.